The third-order valence-corrected chi connectivity index (χ3v) is 18.7. The van der Waals surface area contributed by atoms with Crippen molar-refractivity contribution in [3.63, 3.8) is 0 Å². The van der Waals surface area contributed by atoms with E-state index in [0.717, 1.165) is 115 Å². The lowest BCUT2D eigenvalue weighted by atomic mass is 9.99. The molecular weight excluding hydrogens is 1190 g/mol. The normalized spacial score (nSPS) is 14.4. The lowest BCUT2D eigenvalue weighted by molar-refractivity contribution is -0.161. The second-order valence-corrected chi connectivity index (χ2v) is 29.3. The second kappa shape index (κ2) is 63.1. The van der Waals surface area contributed by atoms with Gasteiger partial charge in [0.1, 0.15) is 19.3 Å². The summed E-state index contributed by atoms with van der Waals surface area (Å²) in [5.74, 6) is -0.478. The highest BCUT2D eigenvalue weighted by molar-refractivity contribution is 7.47. The van der Waals surface area contributed by atoms with E-state index in [9.17, 15) is 43.2 Å². The summed E-state index contributed by atoms with van der Waals surface area (Å²) in [6.07, 6.45) is 49.1. The smallest absolute Gasteiger partial charge is 0.462 e. The zero-order valence-corrected chi connectivity index (χ0v) is 60.2. The molecule has 0 saturated heterocycles. The minimum Gasteiger partial charge on any atom is -0.462 e. The third kappa shape index (κ3) is 63.5. The predicted octanol–water partition coefficient (Wildman–Crippen LogP) is 20.4. The Morgan fingerprint density at radius 2 is 0.567 bits per heavy atom. The Kier molecular flexibility index (Phi) is 61.8. The minimum absolute atomic E-state index is 0.104. The van der Waals surface area contributed by atoms with Gasteiger partial charge in [-0.3, -0.25) is 37.3 Å². The molecule has 0 amide bonds. The molecule has 0 bridgehead atoms. The number of rotatable bonds is 70. The molecule has 3 unspecified atom stereocenters. The molecule has 0 aliphatic heterocycles. The number of aliphatic hydroxyl groups excluding tert-OH is 1. The van der Waals surface area contributed by atoms with Gasteiger partial charge in [0, 0.05) is 25.7 Å². The van der Waals surface area contributed by atoms with Crippen LogP contribution in [0.3, 0.4) is 0 Å². The second-order valence-electron chi connectivity index (χ2n) is 26.3. The van der Waals surface area contributed by atoms with Gasteiger partial charge in [0.15, 0.2) is 12.2 Å². The molecule has 534 valence electrons. The number of ether oxygens (including phenoxy) is 4. The Morgan fingerprint density at radius 3 is 0.844 bits per heavy atom. The summed E-state index contributed by atoms with van der Waals surface area (Å²) in [6.45, 7) is 9.52. The Morgan fingerprint density at radius 1 is 0.322 bits per heavy atom. The Labute approximate surface area is 549 Å². The highest BCUT2D eigenvalue weighted by Gasteiger charge is 2.30. The summed E-state index contributed by atoms with van der Waals surface area (Å²) < 4.78 is 68.0. The first-order valence-electron chi connectivity index (χ1n) is 37.0. The Balaban J connectivity index is 5.11. The lowest BCUT2D eigenvalue weighted by Crippen LogP contribution is -2.30. The summed E-state index contributed by atoms with van der Waals surface area (Å²) in [7, 11) is -9.89. The number of carbonyl (C=O) groups excluding carboxylic acids is 4. The maximum atomic E-state index is 13.0. The van der Waals surface area contributed by atoms with Gasteiger partial charge >= 0.3 is 39.5 Å². The number of hydrogen-bond acceptors (Lipinski definition) is 15. The molecule has 6 atom stereocenters. The van der Waals surface area contributed by atoms with E-state index in [1.54, 1.807) is 0 Å². The average molecular weight is 1330 g/mol. The first kappa shape index (κ1) is 88.1. The monoisotopic (exact) mass is 1320 g/mol. The number of hydrogen-bond donors (Lipinski definition) is 3. The number of phosphoric ester groups is 2. The maximum Gasteiger partial charge on any atom is 0.472 e. The van der Waals surface area contributed by atoms with Crippen molar-refractivity contribution in [2.45, 2.75) is 381 Å². The molecule has 0 heterocycles. The van der Waals surface area contributed by atoms with E-state index in [-0.39, 0.29) is 25.7 Å². The minimum atomic E-state index is -4.95. The summed E-state index contributed by atoms with van der Waals surface area (Å²) in [5.41, 5.74) is 0. The third-order valence-electron chi connectivity index (χ3n) is 16.8. The molecule has 0 radical (unpaired) electrons. The van der Waals surface area contributed by atoms with Crippen LogP contribution in [-0.2, 0) is 65.4 Å². The molecule has 90 heavy (non-hydrogen) atoms. The first-order chi connectivity index (χ1) is 43.4. The zero-order chi connectivity index (χ0) is 66.5. The highest BCUT2D eigenvalue weighted by Crippen LogP contribution is 2.45. The van der Waals surface area contributed by atoms with Crippen molar-refractivity contribution in [2.75, 3.05) is 39.6 Å². The number of aliphatic hydroxyl groups is 1. The van der Waals surface area contributed by atoms with Crippen molar-refractivity contribution in [2.24, 2.45) is 11.8 Å². The molecule has 0 aliphatic rings. The van der Waals surface area contributed by atoms with Gasteiger partial charge in [-0.15, -0.1) is 0 Å². The summed E-state index contributed by atoms with van der Waals surface area (Å²) >= 11 is 0. The SMILES string of the molecule is CCCCCCCCCCC(=O)O[C@H](COC(=O)CCCCCCC)COP(=O)(O)OC[C@H](O)COP(=O)(O)OC[C@@H](COC(=O)CCCCCCCCCCCCCCCCC(C)CC)OC(=O)CCCCCCCCCCCCCCCCCCC(C)C. The number of esters is 4. The van der Waals surface area contributed by atoms with Gasteiger partial charge in [-0.2, -0.15) is 0 Å². The van der Waals surface area contributed by atoms with Gasteiger partial charge in [0.05, 0.1) is 26.4 Å². The Hall–Kier alpha value is -1.94. The molecule has 0 aliphatic carbocycles. The van der Waals surface area contributed by atoms with Gasteiger partial charge in [-0.05, 0) is 37.5 Å². The molecule has 0 saturated carbocycles. The summed E-state index contributed by atoms with van der Waals surface area (Å²) in [4.78, 5) is 72.2. The van der Waals surface area contributed by atoms with Crippen LogP contribution in [-0.4, -0.2) is 96.7 Å². The first-order valence-corrected chi connectivity index (χ1v) is 40.0. The predicted molar refractivity (Wildman–Crippen MR) is 363 cm³/mol. The van der Waals surface area contributed by atoms with Gasteiger partial charge in [0.25, 0.3) is 0 Å². The summed E-state index contributed by atoms with van der Waals surface area (Å²) in [5, 5.41) is 10.5. The van der Waals surface area contributed by atoms with E-state index >= 15 is 0 Å². The fraction of sp³-hybridized carbons (Fsp3) is 0.944. The van der Waals surface area contributed by atoms with Crippen molar-refractivity contribution >= 4 is 39.5 Å². The van der Waals surface area contributed by atoms with Crippen molar-refractivity contribution in [3.05, 3.63) is 0 Å². The van der Waals surface area contributed by atoms with Crippen LogP contribution in [0, 0.1) is 11.8 Å². The van der Waals surface area contributed by atoms with E-state index in [1.807, 2.05) is 0 Å². The van der Waals surface area contributed by atoms with Crippen LogP contribution in [0.15, 0.2) is 0 Å². The fourth-order valence-electron chi connectivity index (χ4n) is 10.7. The molecule has 0 aromatic rings. The van der Waals surface area contributed by atoms with E-state index in [0.29, 0.717) is 25.7 Å². The molecule has 0 fully saturated rings. The lowest BCUT2D eigenvalue weighted by Gasteiger charge is -2.21. The Bertz CT molecular complexity index is 1750. The number of phosphoric acid groups is 2. The average Bonchev–Trinajstić information content (AvgIpc) is 2.63. The van der Waals surface area contributed by atoms with Crippen LogP contribution in [0.5, 0.6) is 0 Å². The largest absolute Gasteiger partial charge is 0.472 e. The number of unbranched alkanes of at least 4 members (excludes halogenated alkanes) is 39. The van der Waals surface area contributed by atoms with Crippen LogP contribution in [0.25, 0.3) is 0 Å². The van der Waals surface area contributed by atoms with Crippen molar-refractivity contribution in [1.82, 2.24) is 0 Å². The van der Waals surface area contributed by atoms with Crippen LogP contribution in [0.1, 0.15) is 363 Å². The van der Waals surface area contributed by atoms with Gasteiger partial charge in [-0.25, -0.2) is 9.13 Å². The van der Waals surface area contributed by atoms with Gasteiger partial charge in [-0.1, -0.05) is 311 Å². The highest BCUT2D eigenvalue weighted by atomic mass is 31.2. The molecule has 0 spiro atoms. The van der Waals surface area contributed by atoms with Gasteiger partial charge < -0.3 is 33.8 Å². The van der Waals surface area contributed by atoms with Crippen molar-refractivity contribution in [1.29, 1.82) is 0 Å². The summed E-state index contributed by atoms with van der Waals surface area (Å²) in [6, 6.07) is 0. The van der Waals surface area contributed by atoms with Crippen LogP contribution in [0.4, 0.5) is 0 Å². The quantitative estimate of drug-likeness (QED) is 0.0222. The van der Waals surface area contributed by atoms with Crippen molar-refractivity contribution < 1.29 is 80.2 Å². The van der Waals surface area contributed by atoms with E-state index in [4.69, 9.17) is 37.0 Å². The standard InChI is InChI=1S/C71H138O17P2/c1-7-10-12-14-15-36-43-49-55-70(75)87-66(59-81-68(73)53-47-39-13-11-8-2)61-85-89(77,78)83-57-65(72)58-84-90(79,80)86-62-67(60-82-69(74)54-48-42-37-32-28-24-21-20-23-27-31-35-41-46-52-64(6)9-3)88-71(76)56-50-44-38-33-29-25-19-17-16-18-22-26-30-34-40-45-51-63(4)5/h63-67,72H,7-62H2,1-6H3,(H,77,78)(H,79,80)/t64?,65-,66+,67+/m0/s1. The van der Waals surface area contributed by atoms with Gasteiger partial charge in [0.2, 0.25) is 0 Å². The maximum absolute atomic E-state index is 13.0. The van der Waals surface area contributed by atoms with E-state index in [1.165, 1.54) is 167 Å². The molecule has 17 nitrogen and oxygen atoms in total. The van der Waals surface area contributed by atoms with E-state index in [2.05, 4.69) is 41.5 Å². The van der Waals surface area contributed by atoms with E-state index < -0.39 is 97.5 Å². The topological polar surface area (TPSA) is 237 Å². The molecular formula is C71H138O17P2. The van der Waals surface area contributed by atoms with Crippen molar-refractivity contribution in [3.8, 4) is 0 Å². The fourth-order valence-corrected chi connectivity index (χ4v) is 12.3. The zero-order valence-electron chi connectivity index (χ0n) is 58.4. The number of carbonyl (C=O) groups is 4. The molecule has 3 N–H and O–H groups in total. The molecule has 0 aromatic heterocycles. The van der Waals surface area contributed by atoms with Crippen LogP contribution >= 0.6 is 15.6 Å². The van der Waals surface area contributed by atoms with Crippen LogP contribution < -0.4 is 0 Å². The molecule has 0 rings (SSSR count). The molecule has 19 heteroatoms. The van der Waals surface area contributed by atoms with Crippen LogP contribution in [0.2, 0.25) is 0 Å². The molecule has 0 aromatic carbocycles.